The molecule has 0 aliphatic carbocycles. The Balaban J connectivity index is 1.61. The highest BCUT2D eigenvalue weighted by Gasteiger charge is 2.24. The van der Waals surface area contributed by atoms with Crippen molar-refractivity contribution in [2.45, 2.75) is 25.7 Å². The molecule has 2 heterocycles. The first-order valence-electron chi connectivity index (χ1n) is 8.09. The van der Waals surface area contributed by atoms with Crippen LogP contribution in [0.1, 0.15) is 31.2 Å². The molecule has 0 aromatic heterocycles. The fraction of sp³-hybridized carbons (Fsp3) is 0.529. The molecule has 22 heavy (non-hydrogen) atoms. The molecule has 5 heteroatoms. The van der Waals surface area contributed by atoms with Gasteiger partial charge in [-0.3, -0.25) is 4.79 Å². The van der Waals surface area contributed by atoms with E-state index >= 15 is 0 Å². The van der Waals surface area contributed by atoms with E-state index in [-0.39, 0.29) is 11.8 Å². The predicted molar refractivity (Wildman–Crippen MR) is 93.1 cm³/mol. The van der Waals surface area contributed by atoms with E-state index in [0.717, 1.165) is 49.6 Å². The molecule has 4 nitrogen and oxygen atoms in total. The van der Waals surface area contributed by atoms with Gasteiger partial charge in [-0.2, -0.15) is 0 Å². The number of nitrogens with zero attached hydrogens (tertiary/aromatic N) is 2. The van der Waals surface area contributed by atoms with Crippen molar-refractivity contribution >= 4 is 28.8 Å². The normalized spacial score (nSPS) is 19.5. The molecule has 3 rings (SSSR count). The Hall–Kier alpha value is -1.62. The lowest BCUT2D eigenvalue weighted by atomic mass is 9.96. The van der Waals surface area contributed by atoms with Gasteiger partial charge in [0.1, 0.15) is 4.99 Å². The van der Waals surface area contributed by atoms with Crippen molar-refractivity contribution in [3.05, 3.63) is 29.8 Å². The molecule has 0 radical (unpaired) electrons. The summed E-state index contributed by atoms with van der Waals surface area (Å²) in [6.07, 6.45) is 4.19. The number of piperidine rings is 1. The van der Waals surface area contributed by atoms with Crippen LogP contribution < -0.4 is 10.6 Å². The van der Waals surface area contributed by atoms with Crippen molar-refractivity contribution in [2.75, 3.05) is 31.1 Å². The number of thiocarbonyl (C=S) groups is 1. The van der Waals surface area contributed by atoms with E-state index in [9.17, 15) is 4.79 Å². The molecule has 2 N–H and O–H groups in total. The van der Waals surface area contributed by atoms with Crippen LogP contribution in [0.4, 0.5) is 5.69 Å². The molecule has 1 aromatic rings. The zero-order chi connectivity index (χ0) is 15.5. The Bertz CT molecular complexity index is 544. The second-order valence-electron chi connectivity index (χ2n) is 6.21. The smallest absolute Gasteiger partial charge is 0.220 e. The maximum Gasteiger partial charge on any atom is 0.220 e. The third-order valence-corrected chi connectivity index (χ3v) is 5.26. The van der Waals surface area contributed by atoms with Gasteiger partial charge in [-0.1, -0.05) is 12.2 Å². The van der Waals surface area contributed by atoms with E-state index in [1.807, 2.05) is 0 Å². The summed E-state index contributed by atoms with van der Waals surface area (Å²) in [6.45, 7) is 3.95. The molecule has 0 saturated carbocycles. The molecule has 0 bridgehead atoms. The number of carbonyl (C=O) groups is 1. The van der Waals surface area contributed by atoms with Crippen LogP contribution in [0.25, 0.3) is 0 Å². The van der Waals surface area contributed by atoms with Gasteiger partial charge < -0.3 is 15.5 Å². The number of primary amides is 1. The Morgan fingerprint density at radius 3 is 2.18 bits per heavy atom. The molecule has 2 aliphatic heterocycles. The SMILES string of the molecule is NC(=O)C1CCN(C(=S)c2ccc(N3CCCC3)cc2)CC1. The topological polar surface area (TPSA) is 49.6 Å². The summed E-state index contributed by atoms with van der Waals surface area (Å²) in [5.74, 6) is -0.169. The summed E-state index contributed by atoms with van der Waals surface area (Å²) in [5, 5.41) is 0. The van der Waals surface area contributed by atoms with Crippen molar-refractivity contribution in [3.63, 3.8) is 0 Å². The Kier molecular flexibility index (Phi) is 4.62. The summed E-state index contributed by atoms with van der Waals surface area (Å²) < 4.78 is 0. The molecule has 2 fully saturated rings. The highest BCUT2D eigenvalue weighted by Crippen LogP contribution is 2.23. The Morgan fingerprint density at radius 1 is 1.05 bits per heavy atom. The zero-order valence-electron chi connectivity index (χ0n) is 12.8. The second-order valence-corrected chi connectivity index (χ2v) is 6.60. The number of amides is 1. The standard InChI is InChI=1S/C17H23N3OS/c18-16(21)13-7-11-20(12-8-13)17(22)14-3-5-15(6-4-14)19-9-1-2-10-19/h3-6,13H,1-2,7-12H2,(H2,18,21). The molecule has 118 valence electrons. The number of anilines is 1. The summed E-state index contributed by atoms with van der Waals surface area (Å²) >= 11 is 5.62. The van der Waals surface area contributed by atoms with Crippen molar-refractivity contribution in [1.82, 2.24) is 4.90 Å². The average Bonchev–Trinajstić information content (AvgIpc) is 3.09. The van der Waals surface area contributed by atoms with Gasteiger partial charge in [0, 0.05) is 43.3 Å². The maximum absolute atomic E-state index is 11.2. The van der Waals surface area contributed by atoms with Crippen LogP contribution in [0, 0.1) is 5.92 Å². The van der Waals surface area contributed by atoms with Gasteiger partial charge in [0.05, 0.1) is 0 Å². The van der Waals surface area contributed by atoms with Crippen molar-refractivity contribution < 1.29 is 4.79 Å². The van der Waals surface area contributed by atoms with Gasteiger partial charge in [0.25, 0.3) is 0 Å². The van der Waals surface area contributed by atoms with Gasteiger partial charge in [-0.25, -0.2) is 0 Å². The van der Waals surface area contributed by atoms with Crippen LogP contribution >= 0.6 is 12.2 Å². The quantitative estimate of drug-likeness (QED) is 0.868. The van der Waals surface area contributed by atoms with Crippen molar-refractivity contribution in [2.24, 2.45) is 11.7 Å². The minimum absolute atomic E-state index is 0.0107. The third-order valence-electron chi connectivity index (χ3n) is 4.77. The minimum atomic E-state index is -0.180. The Labute approximate surface area is 137 Å². The number of likely N-dealkylation sites (tertiary alicyclic amines) is 1. The van der Waals surface area contributed by atoms with Crippen LogP contribution in [-0.4, -0.2) is 42.0 Å². The largest absolute Gasteiger partial charge is 0.372 e. The number of rotatable bonds is 3. The van der Waals surface area contributed by atoms with Crippen LogP contribution in [0.5, 0.6) is 0 Å². The van der Waals surface area contributed by atoms with E-state index in [1.165, 1.54) is 18.5 Å². The highest BCUT2D eigenvalue weighted by atomic mass is 32.1. The van der Waals surface area contributed by atoms with Crippen molar-refractivity contribution in [1.29, 1.82) is 0 Å². The van der Waals surface area contributed by atoms with Gasteiger partial charge in [0.15, 0.2) is 0 Å². The molecule has 1 amide bonds. The first-order chi connectivity index (χ1) is 10.6. The summed E-state index contributed by atoms with van der Waals surface area (Å²) in [5.41, 5.74) is 7.76. The van der Waals surface area contributed by atoms with Crippen molar-refractivity contribution in [3.8, 4) is 0 Å². The fourth-order valence-corrected chi connectivity index (χ4v) is 3.66. The highest BCUT2D eigenvalue weighted by molar-refractivity contribution is 7.80. The predicted octanol–water partition coefficient (Wildman–Crippen LogP) is 2.16. The zero-order valence-corrected chi connectivity index (χ0v) is 13.6. The monoisotopic (exact) mass is 317 g/mol. The minimum Gasteiger partial charge on any atom is -0.372 e. The summed E-state index contributed by atoms with van der Waals surface area (Å²) in [6, 6.07) is 8.58. The summed E-state index contributed by atoms with van der Waals surface area (Å²) in [4.78, 5) is 16.7. The van der Waals surface area contributed by atoms with Gasteiger partial charge >= 0.3 is 0 Å². The Morgan fingerprint density at radius 2 is 1.64 bits per heavy atom. The molecule has 0 atom stereocenters. The molecule has 2 aliphatic rings. The maximum atomic E-state index is 11.2. The molecule has 0 spiro atoms. The first kappa shape index (κ1) is 15.3. The number of hydrogen-bond donors (Lipinski definition) is 1. The fourth-order valence-electron chi connectivity index (χ4n) is 3.34. The average molecular weight is 317 g/mol. The number of benzene rings is 1. The second kappa shape index (κ2) is 6.65. The van der Waals surface area contributed by atoms with E-state index in [2.05, 4.69) is 34.1 Å². The van der Waals surface area contributed by atoms with Gasteiger partial charge in [0.2, 0.25) is 5.91 Å². The van der Waals surface area contributed by atoms with Crippen LogP contribution in [0.15, 0.2) is 24.3 Å². The number of nitrogens with two attached hydrogens (primary N) is 1. The third kappa shape index (κ3) is 3.24. The number of carbonyl (C=O) groups excluding carboxylic acids is 1. The van der Waals surface area contributed by atoms with E-state index < -0.39 is 0 Å². The van der Waals surface area contributed by atoms with E-state index in [1.54, 1.807) is 0 Å². The van der Waals surface area contributed by atoms with Crippen LogP contribution in [0.3, 0.4) is 0 Å². The van der Waals surface area contributed by atoms with Crippen LogP contribution in [-0.2, 0) is 4.79 Å². The molecule has 1 aromatic carbocycles. The van der Waals surface area contributed by atoms with Crippen LogP contribution in [0.2, 0.25) is 0 Å². The molecule has 0 unspecified atom stereocenters. The van der Waals surface area contributed by atoms with E-state index in [0.29, 0.717) is 0 Å². The molecular formula is C17H23N3OS. The van der Waals surface area contributed by atoms with Gasteiger partial charge in [-0.15, -0.1) is 0 Å². The molecular weight excluding hydrogens is 294 g/mol. The first-order valence-corrected chi connectivity index (χ1v) is 8.49. The lowest BCUT2D eigenvalue weighted by Crippen LogP contribution is -2.41. The summed E-state index contributed by atoms with van der Waals surface area (Å²) in [7, 11) is 0. The molecule has 2 saturated heterocycles. The lowest BCUT2D eigenvalue weighted by Gasteiger charge is -2.32. The number of hydrogen-bond acceptors (Lipinski definition) is 3. The lowest BCUT2D eigenvalue weighted by molar-refractivity contribution is -0.122. The van der Waals surface area contributed by atoms with E-state index in [4.69, 9.17) is 18.0 Å². The van der Waals surface area contributed by atoms with Gasteiger partial charge in [-0.05, 0) is 49.9 Å².